The molecule has 1 saturated heterocycles. The Hall–Kier alpha value is -1.39. The van der Waals surface area contributed by atoms with Crippen molar-refractivity contribution in [3.05, 3.63) is 35.4 Å². The van der Waals surface area contributed by atoms with Crippen LogP contribution in [0.5, 0.6) is 0 Å². The van der Waals surface area contributed by atoms with Gasteiger partial charge in [-0.2, -0.15) is 0 Å². The van der Waals surface area contributed by atoms with Crippen molar-refractivity contribution in [1.29, 1.82) is 0 Å². The summed E-state index contributed by atoms with van der Waals surface area (Å²) < 4.78 is 0. The van der Waals surface area contributed by atoms with E-state index in [1.807, 2.05) is 4.90 Å². The molecule has 1 aromatic carbocycles. The van der Waals surface area contributed by atoms with Gasteiger partial charge in [0, 0.05) is 45.2 Å². The number of carbonyl (C=O) groups is 1. The van der Waals surface area contributed by atoms with Crippen LogP contribution in [0, 0.1) is 0 Å². The molecule has 1 aliphatic heterocycles. The quantitative estimate of drug-likeness (QED) is 0.910. The van der Waals surface area contributed by atoms with Gasteiger partial charge >= 0.3 is 0 Å². The van der Waals surface area contributed by atoms with Crippen LogP contribution >= 0.6 is 0 Å². The van der Waals surface area contributed by atoms with Crippen LogP contribution in [-0.4, -0.2) is 55.5 Å². The predicted octanol–water partition coefficient (Wildman–Crippen LogP) is 1.43. The average Bonchev–Trinajstić information content (AvgIpc) is 2.97. The lowest BCUT2D eigenvalue weighted by Crippen LogP contribution is -2.47. The molecule has 1 unspecified atom stereocenters. The summed E-state index contributed by atoms with van der Waals surface area (Å²) in [5.41, 5.74) is 2.93. The van der Waals surface area contributed by atoms with Crippen molar-refractivity contribution in [3.63, 3.8) is 0 Å². The molecule has 0 bridgehead atoms. The Kier molecular flexibility index (Phi) is 4.56. The third-order valence-corrected chi connectivity index (χ3v) is 4.78. The summed E-state index contributed by atoms with van der Waals surface area (Å²) in [7, 11) is 2.15. The first-order valence-electron chi connectivity index (χ1n) is 8.02. The largest absolute Gasteiger partial charge is 0.340 e. The lowest BCUT2D eigenvalue weighted by Gasteiger charge is -2.29. The minimum atomic E-state index is 0.301. The van der Waals surface area contributed by atoms with Crippen LogP contribution in [0.15, 0.2) is 24.3 Å². The van der Waals surface area contributed by atoms with E-state index >= 15 is 0 Å². The van der Waals surface area contributed by atoms with Crippen LogP contribution in [0.2, 0.25) is 0 Å². The summed E-state index contributed by atoms with van der Waals surface area (Å²) in [6.07, 6.45) is 2.98. The van der Waals surface area contributed by atoms with Crippen LogP contribution < -0.4 is 5.32 Å². The van der Waals surface area contributed by atoms with Crippen molar-refractivity contribution in [3.8, 4) is 0 Å². The fourth-order valence-corrected chi connectivity index (χ4v) is 3.49. The number of amides is 1. The third-order valence-electron chi connectivity index (χ3n) is 4.78. The van der Waals surface area contributed by atoms with Crippen LogP contribution in [-0.2, 0) is 11.2 Å². The Bertz CT molecular complexity index is 497. The minimum Gasteiger partial charge on any atom is -0.340 e. The average molecular weight is 287 g/mol. The van der Waals surface area contributed by atoms with Gasteiger partial charge in [-0.1, -0.05) is 24.3 Å². The number of benzene rings is 1. The summed E-state index contributed by atoms with van der Waals surface area (Å²) in [4.78, 5) is 16.6. The van der Waals surface area contributed by atoms with E-state index in [4.69, 9.17) is 0 Å². The van der Waals surface area contributed by atoms with Crippen molar-refractivity contribution < 1.29 is 4.79 Å². The van der Waals surface area contributed by atoms with Gasteiger partial charge in [-0.15, -0.1) is 0 Å². The highest BCUT2D eigenvalue weighted by Gasteiger charge is 2.26. The highest BCUT2D eigenvalue weighted by molar-refractivity contribution is 5.76. The lowest BCUT2D eigenvalue weighted by molar-refractivity contribution is -0.132. The smallest absolute Gasteiger partial charge is 0.223 e. The summed E-state index contributed by atoms with van der Waals surface area (Å²) in [5, 5.41) is 3.29. The molecular weight excluding hydrogens is 262 g/mol. The maximum Gasteiger partial charge on any atom is 0.223 e. The molecule has 2 aliphatic rings. The van der Waals surface area contributed by atoms with Gasteiger partial charge in [0.15, 0.2) is 0 Å². The molecule has 114 valence electrons. The Morgan fingerprint density at radius 3 is 2.90 bits per heavy atom. The van der Waals surface area contributed by atoms with Gasteiger partial charge < -0.3 is 10.2 Å². The van der Waals surface area contributed by atoms with Gasteiger partial charge in [-0.25, -0.2) is 0 Å². The highest BCUT2D eigenvalue weighted by atomic mass is 16.2. The van der Waals surface area contributed by atoms with Gasteiger partial charge in [0.2, 0.25) is 5.91 Å². The second kappa shape index (κ2) is 6.58. The van der Waals surface area contributed by atoms with Gasteiger partial charge in [0.05, 0.1) is 0 Å². The van der Waals surface area contributed by atoms with Crippen molar-refractivity contribution in [2.24, 2.45) is 0 Å². The zero-order valence-electron chi connectivity index (χ0n) is 12.8. The number of piperazine rings is 1. The monoisotopic (exact) mass is 287 g/mol. The summed E-state index contributed by atoms with van der Waals surface area (Å²) in [6.45, 7) is 4.42. The molecule has 4 nitrogen and oxygen atoms in total. The molecule has 1 heterocycles. The molecule has 1 amide bonds. The molecule has 0 aromatic heterocycles. The molecule has 0 radical (unpaired) electrons. The van der Waals surface area contributed by atoms with E-state index in [0.29, 0.717) is 18.4 Å². The zero-order chi connectivity index (χ0) is 14.7. The van der Waals surface area contributed by atoms with Gasteiger partial charge in [-0.05, 0) is 31.0 Å². The molecule has 1 aromatic rings. The maximum atomic E-state index is 12.2. The molecule has 4 heteroatoms. The fourth-order valence-electron chi connectivity index (χ4n) is 3.49. The Balaban J connectivity index is 1.53. The maximum absolute atomic E-state index is 12.2. The van der Waals surface area contributed by atoms with Gasteiger partial charge in [-0.3, -0.25) is 9.69 Å². The first-order valence-corrected chi connectivity index (χ1v) is 8.02. The first-order chi connectivity index (χ1) is 10.3. The highest BCUT2D eigenvalue weighted by Crippen LogP contribution is 2.34. The molecule has 21 heavy (non-hydrogen) atoms. The number of nitrogens with one attached hydrogen (secondary N) is 1. The van der Waals surface area contributed by atoms with Crippen LogP contribution in [0.3, 0.4) is 0 Å². The molecule has 3 rings (SSSR count). The van der Waals surface area contributed by atoms with E-state index in [1.165, 1.54) is 17.5 Å². The van der Waals surface area contributed by atoms with E-state index in [9.17, 15) is 4.79 Å². The standard InChI is InChI=1S/C17H25N3O/c1-19(11-8-17(21)20-12-9-18-10-13-20)16-7-6-14-4-2-3-5-15(14)16/h2-5,16,18H,6-13H2,1H3. The Labute approximate surface area is 127 Å². The van der Waals surface area contributed by atoms with Crippen molar-refractivity contribution >= 4 is 5.91 Å². The predicted molar refractivity (Wildman–Crippen MR) is 84.2 cm³/mol. The van der Waals surface area contributed by atoms with Crippen molar-refractivity contribution in [2.45, 2.75) is 25.3 Å². The number of hydrogen-bond donors (Lipinski definition) is 1. The number of nitrogens with zero attached hydrogens (tertiary/aromatic N) is 2. The molecule has 1 N–H and O–H groups in total. The molecular formula is C17H25N3O. The van der Waals surface area contributed by atoms with Crippen molar-refractivity contribution in [2.75, 3.05) is 39.8 Å². The Morgan fingerprint density at radius 2 is 2.10 bits per heavy atom. The summed E-state index contributed by atoms with van der Waals surface area (Å²) in [6, 6.07) is 9.19. The normalized spacial score (nSPS) is 21.6. The molecule has 1 atom stereocenters. The van der Waals surface area contributed by atoms with E-state index in [2.05, 4.69) is 41.5 Å². The fraction of sp³-hybridized carbons (Fsp3) is 0.588. The number of aryl methyl sites for hydroxylation is 1. The Morgan fingerprint density at radius 1 is 1.33 bits per heavy atom. The second-order valence-corrected chi connectivity index (χ2v) is 6.11. The minimum absolute atomic E-state index is 0.301. The number of carbonyl (C=O) groups excluding carboxylic acids is 1. The third kappa shape index (κ3) is 3.27. The second-order valence-electron chi connectivity index (χ2n) is 6.11. The molecule has 0 saturated carbocycles. The number of fused-ring (bicyclic) bond motifs is 1. The number of rotatable bonds is 4. The van der Waals surface area contributed by atoms with Gasteiger partial charge in [0.1, 0.15) is 0 Å². The number of hydrogen-bond acceptors (Lipinski definition) is 3. The first kappa shape index (κ1) is 14.5. The summed E-state index contributed by atoms with van der Waals surface area (Å²) in [5.74, 6) is 0.301. The van der Waals surface area contributed by atoms with Crippen LogP contribution in [0.4, 0.5) is 0 Å². The van der Waals surface area contributed by atoms with Crippen molar-refractivity contribution in [1.82, 2.24) is 15.1 Å². The van der Waals surface area contributed by atoms with E-state index < -0.39 is 0 Å². The molecule has 0 spiro atoms. The lowest BCUT2D eigenvalue weighted by atomic mass is 10.1. The molecule has 1 aliphatic carbocycles. The van der Waals surface area contributed by atoms with E-state index in [1.54, 1.807) is 0 Å². The van der Waals surface area contributed by atoms with Gasteiger partial charge in [0.25, 0.3) is 0 Å². The molecule has 1 fully saturated rings. The van der Waals surface area contributed by atoms with Crippen LogP contribution in [0.1, 0.15) is 30.0 Å². The SMILES string of the molecule is CN(CCC(=O)N1CCNCC1)C1CCc2ccccc21. The topological polar surface area (TPSA) is 35.6 Å². The zero-order valence-corrected chi connectivity index (χ0v) is 12.8. The van der Waals surface area contributed by atoms with E-state index in [0.717, 1.165) is 39.1 Å². The summed E-state index contributed by atoms with van der Waals surface area (Å²) >= 11 is 0. The van der Waals surface area contributed by atoms with Crippen LogP contribution in [0.25, 0.3) is 0 Å². The van der Waals surface area contributed by atoms with E-state index in [-0.39, 0.29) is 0 Å².